The summed E-state index contributed by atoms with van der Waals surface area (Å²) in [6, 6.07) is 18.0. The van der Waals surface area contributed by atoms with Crippen molar-refractivity contribution in [2.24, 2.45) is 0 Å². The highest BCUT2D eigenvalue weighted by molar-refractivity contribution is 5.92. The van der Waals surface area contributed by atoms with Crippen molar-refractivity contribution in [1.29, 1.82) is 0 Å². The van der Waals surface area contributed by atoms with Crippen LogP contribution < -0.4 is 0 Å². The summed E-state index contributed by atoms with van der Waals surface area (Å²) in [6.45, 7) is 0. The number of phenols is 1. The minimum atomic E-state index is -1.11. The maximum absolute atomic E-state index is 11.0. The predicted octanol–water partition coefficient (Wildman–Crippen LogP) is 4.12. The first kappa shape index (κ1) is 16.3. The molecule has 0 atom stereocenters. The molecule has 0 unspecified atom stereocenters. The predicted molar refractivity (Wildman–Crippen MR) is 92.9 cm³/mol. The van der Waals surface area contributed by atoms with Gasteiger partial charge in [-0.15, -0.1) is 0 Å². The van der Waals surface area contributed by atoms with Gasteiger partial charge in [0.25, 0.3) is 0 Å². The molecular formula is C20H14O5. The minimum absolute atomic E-state index is 0.00421. The summed E-state index contributed by atoms with van der Waals surface area (Å²) in [4.78, 5) is 22.0. The van der Waals surface area contributed by atoms with Crippen LogP contribution in [-0.4, -0.2) is 27.3 Å². The number of carbonyl (C=O) groups is 2. The lowest BCUT2D eigenvalue weighted by Gasteiger charge is -2.12. The molecule has 0 saturated carbocycles. The summed E-state index contributed by atoms with van der Waals surface area (Å²) in [6.07, 6.45) is 0. The maximum Gasteiger partial charge on any atom is 0.335 e. The minimum Gasteiger partial charge on any atom is -0.507 e. The van der Waals surface area contributed by atoms with E-state index < -0.39 is 11.9 Å². The summed E-state index contributed by atoms with van der Waals surface area (Å²) >= 11 is 0. The Morgan fingerprint density at radius 1 is 0.640 bits per heavy atom. The van der Waals surface area contributed by atoms with Crippen LogP contribution in [0.15, 0.2) is 66.7 Å². The van der Waals surface area contributed by atoms with Gasteiger partial charge in [-0.05, 0) is 47.0 Å². The van der Waals surface area contributed by atoms with Crippen LogP contribution in [0.2, 0.25) is 0 Å². The Labute approximate surface area is 143 Å². The summed E-state index contributed by atoms with van der Waals surface area (Å²) in [5.74, 6) is -2.24. The monoisotopic (exact) mass is 334 g/mol. The number of benzene rings is 3. The number of rotatable bonds is 4. The van der Waals surface area contributed by atoms with Crippen molar-refractivity contribution >= 4 is 11.9 Å². The van der Waals surface area contributed by atoms with Crippen LogP contribution in [0.3, 0.4) is 0 Å². The van der Waals surface area contributed by atoms with E-state index in [4.69, 9.17) is 10.2 Å². The average molecular weight is 334 g/mol. The van der Waals surface area contributed by atoms with E-state index in [9.17, 15) is 14.7 Å². The van der Waals surface area contributed by atoms with Crippen molar-refractivity contribution in [3.8, 4) is 28.0 Å². The first-order valence-corrected chi connectivity index (χ1v) is 7.47. The standard InChI is InChI=1S/C20H14O5/c21-18-11-14(20(24)25)9-10-17(18)16-4-2-1-3-15(16)12-5-7-13(8-6-12)19(22)23/h1-11,21H,(H,22,23)(H,24,25). The third-order valence-electron chi connectivity index (χ3n) is 3.90. The van der Waals surface area contributed by atoms with E-state index in [1.807, 2.05) is 24.3 Å². The molecule has 0 saturated heterocycles. The van der Waals surface area contributed by atoms with Crippen LogP contribution in [-0.2, 0) is 0 Å². The molecule has 3 N–H and O–H groups in total. The number of hydrogen-bond acceptors (Lipinski definition) is 3. The van der Waals surface area contributed by atoms with Gasteiger partial charge in [-0.25, -0.2) is 9.59 Å². The maximum atomic E-state index is 11.0. The van der Waals surface area contributed by atoms with Crippen molar-refractivity contribution in [3.05, 3.63) is 77.9 Å². The smallest absolute Gasteiger partial charge is 0.335 e. The summed E-state index contributed by atoms with van der Waals surface area (Å²) in [5, 5.41) is 28.3. The van der Waals surface area contributed by atoms with Gasteiger partial charge in [0.05, 0.1) is 11.1 Å². The largest absolute Gasteiger partial charge is 0.507 e. The number of phenolic OH excluding ortho intramolecular Hbond substituents is 1. The third kappa shape index (κ3) is 3.21. The Kier molecular flexibility index (Phi) is 4.22. The summed E-state index contributed by atoms with van der Waals surface area (Å²) < 4.78 is 0. The Balaban J connectivity index is 2.10. The summed E-state index contributed by atoms with van der Waals surface area (Å²) in [7, 11) is 0. The molecule has 0 amide bonds. The normalized spacial score (nSPS) is 10.4. The van der Waals surface area contributed by atoms with Gasteiger partial charge in [-0.2, -0.15) is 0 Å². The van der Waals surface area contributed by atoms with Crippen LogP contribution in [0, 0.1) is 0 Å². The molecule has 0 fully saturated rings. The Hall–Kier alpha value is -3.60. The quantitative estimate of drug-likeness (QED) is 0.667. The van der Waals surface area contributed by atoms with Crippen molar-refractivity contribution in [1.82, 2.24) is 0 Å². The van der Waals surface area contributed by atoms with E-state index in [0.29, 0.717) is 5.56 Å². The molecule has 0 heterocycles. The van der Waals surface area contributed by atoms with Crippen molar-refractivity contribution in [2.75, 3.05) is 0 Å². The molecule has 124 valence electrons. The number of carboxylic acids is 2. The second kappa shape index (κ2) is 6.49. The molecule has 3 aromatic rings. The molecule has 0 spiro atoms. The van der Waals surface area contributed by atoms with Gasteiger partial charge in [0.15, 0.2) is 0 Å². The zero-order valence-corrected chi connectivity index (χ0v) is 13.0. The Morgan fingerprint density at radius 2 is 1.20 bits per heavy atom. The van der Waals surface area contributed by atoms with Crippen LogP contribution in [0.5, 0.6) is 5.75 Å². The fourth-order valence-corrected chi connectivity index (χ4v) is 2.65. The van der Waals surface area contributed by atoms with Gasteiger partial charge in [0, 0.05) is 5.56 Å². The molecule has 3 aromatic carbocycles. The fourth-order valence-electron chi connectivity index (χ4n) is 2.65. The molecule has 25 heavy (non-hydrogen) atoms. The van der Waals surface area contributed by atoms with Gasteiger partial charge < -0.3 is 15.3 Å². The van der Waals surface area contributed by atoms with E-state index >= 15 is 0 Å². The van der Waals surface area contributed by atoms with Crippen LogP contribution in [0.4, 0.5) is 0 Å². The first-order valence-electron chi connectivity index (χ1n) is 7.47. The van der Waals surface area contributed by atoms with E-state index in [1.54, 1.807) is 18.2 Å². The highest BCUT2D eigenvalue weighted by Gasteiger charge is 2.13. The van der Waals surface area contributed by atoms with Crippen molar-refractivity contribution in [2.45, 2.75) is 0 Å². The molecule has 5 heteroatoms. The van der Waals surface area contributed by atoms with Crippen LogP contribution >= 0.6 is 0 Å². The lowest BCUT2D eigenvalue weighted by Crippen LogP contribution is -1.96. The van der Waals surface area contributed by atoms with Crippen LogP contribution in [0.1, 0.15) is 20.7 Å². The van der Waals surface area contributed by atoms with Gasteiger partial charge in [-0.3, -0.25) is 0 Å². The lowest BCUT2D eigenvalue weighted by atomic mass is 9.93. The second-order valence-corrected chi connectivity index (χ2v) is 5.47. The van der Waals surface area contributed by atoms with E-state index in [0.717, 1.165) is 16.7 Å². The van der Waals surface area contributed by atoms with Crippen molar-refractivity contribution in [3.63, 3.8) is 0 Å². The number of carboxylic acid groups (broad SMARTS) is 2. The Bertz CT molecular complexity index is 958. The van der Waals surface area contributed by atoms with Crippen molar-refractivity contribution < 1.29 is 24.9 Å². The molecule has 5 nitrogen and oxygen atoms in total. The van der Waals surface area contributed by atoms with E-state index in [1.165, 1.54) is 24.3 Å². The van der Waals surface area contributed by atoms with Gasteiger partial charge in [0.2, 0.25) is 0 Å². The number of aromatic carboxylic acids is 2. The molecule has 3 rings (SSSR count). The zero-order chi connectivity index (χ0) is 18.0. The average Bonchev–Trinajstić information content (AvgIpc) is 2.61. The third-order valence-corrected chi connectivity index (χ3v) is 3.90. The fraction of sp³-hybridized carbons (Fsp3) is 0. The molecule has 0 radical (unpaired) electrons. The number of aromatic hydroxyl groups is 1. The molecule has 0 aliphatic heterocycles. The van der Waals surface area contributed by atoms with E-state index in [-0.39, 0.29) is 16.9 Å². The first-order chi connectivity index (χ1) is 12.0. The van der Waals surface area contributed by atoms with Gasteiger partial charge >= 0.3 is 11.9 Å². The highest BCUT2D eigenvalue weighted by atomic mass is 16.4. The van der Waals surface area contributed by atoms with Gasteiger partial charge in [-0.1, -0.05) is 36.4 Å². The van der Waals surface area contributed by atoms with Gasteiger partial charge in [0.1, 0.15) is 5.75 Å². The molecule has 0 bridgehead atoms. The zero-order valence-electron chi connectivity index (χ0n) is 13.0. The summed E-state index contributed by atoms with van der Waals surface area (Å²) in [5.41, 5.74) is 3.02. The lowest BCUT2D eigenvalue weighted by molar-refractivity contribution is 0.0686. The SMILES string of the molecule is O=C(O)c1ccc(-c2ccccc2-c2ccc(C(=O)O)cc2O)cc1. The van der Waals surface area contributed by atoms with E-state index in [2.05, 4.69) is 0 Å². The topological polar surface area (TPSA) is 94.8 Å². The number of hydrogen-bond donors (Lipinski definition) is 3. The molecule has 0 aliphatic rings. The highest BCUT2D eigenvalue weighted by Crippen LogP contribution is 2.37. The molecule has 0 aromatic heterocycles. The Morgan fingerprint density at radius 3 is 1.76 bits per heavy atom. The van der Waals surface area contributed by atoms with Crippen LogP contribution in [0.25, 0.3) is 22.3 Å². The molecule has 0 aliphatic carbocycles. The second-order valence-electron chi connectivity index (χ2n) is 5.47. The molecular weight excluding hydrogens is 320 g/mol.